The Labute approximate surface area is 141 Å². The number of benzene rings is 1. The number of hydrogen-bond acceptors (Lipinski definition) is 5. The van der Waals surface area contributed by atoms with Crippen LogP contribution >= 0.6 is 0 Å². The van der Waals surface area contributed by atoms with Gasteiger partial charge in [0.1, 0.15) is 11.7 Å². The molecule has 1 aliphatic rings. The predicted molar refractivity (Wildman–Crippen MR) is 78.5 cm³/mol. The summed E-state index contributed by atoms with van der Waals surface area (Å²) < 4.78 is 50.0. The SMILES string of the molecule is CCOC(=O)[C@H]1[C@@H](c2ccc(OC)cc2)NC(=O)N[C@]1(O)C(F)(F)F. The van der Waals surface area contributed by atoms with E-state index in [0.29, 0.717) is 5.75 Å². The molecule has 2 rings (SSSR count). The van der Waals surface area contributed by atoms with Gasteiger partial charge < -0.3 is 25.2 Å². The summed E-state index contributed by atoms with van der Waals surface area (Å²) in [6.07, 6.45) is -5.30. The van der Waals surface area contributed by atoms with Crippen molar-refractivity contribution < 1.29 is 37.3 Å². The third-order valence-electron chi connectivity index (χ3n) is 3.82. The number of rotatable bonds is 4. The molecule has 3 atom stereocenters. The Morgan fingerprint density at radius 1 is 1.32 bits per heavy atom. The summed E-state index contributed by atoms with van der Waals surface area (Å²) in [5.41, 5.74) is -3.59. The lowest BCUT2D eigenvalue weighted by Gasteiger charge is -2.44. The van der Waals surface area contributed by atoms with Gasteiger partial charge in [0.2, 0.25) is 0 Å². The van der Waals surface area contributed by atoms with Crippen LogP contribution in [-0.2, 0) is 9.53 Å². The Balaban J connectivity index is 2.53. The third-order valence-corrected chi connectivity index (χ3v) is 3.82. The maximum absolute atomic E-state index is 13.4. The Morgan fingerprint density at radius 2 is 1.92 bits per heavy atom. The van der Waals surface area contributed by atoms with Crippen molar-refractivity contribution in [3.8, 4) is 5.75 Å². The lowest BCUT2D eigenvalue weighted by atomic mass is 9.82. The van der Waals surface area contributed by atoms with Gasteiger partial charge in [0.25, 0.3) is 5.72 Å². The first-order valence-corrected chi connectivity index (χ1v) is 7.32. The van der Waals surface area contributed by atoms with Crippen molar-refractivity contribution in [2.75, 3.05) is 13.7 Å². The van der Waals surface area contributed by atoms with Gasteiger partial charge in [-0.25, -0.2) is 4.79 Å². The normalized spacial score (nSPS) is 26.4. The van der Waals surface area contributed by atoms with Crippen molar-refractivity contribution in [2.24, 2.45) is 5.92 Å². The predicted octanol–water partition coefficient (Wildman–Crippen LogP) is 1.48. The highest BCUT2D eigenvalue weighted by Gasteiger charge is 2.67. The fourth-order valence-electron chi connectivity index (χ4n) is 2.63. The smallest absolute Gasteiger partial charge is 0.437 e. The van der Waals surface area contributed by atoms with Crippen LogP contribution in [0.4, 0.5) is 18.0 Å². The molecule has 1 fully saturated rings. The van der Waals surface area contributed by atoms with Crippen LogP contribution in [0.3, 0.4) is 0 Å². The van der Waals surface area contributed by atoms with E-state index in [1.807, 2.05) is 0 Å². The molecule has 3 N–H and O–H groups in total. The highest BCUT2D eigenvalue weighted by molar-refractivity contribution is 5.83. The van der Waals surface area contributed by atoms with E-state index in [1.165, 1.54) is 43.6 Å². The third kappa shape index (κ3) is 3.48. The van der Waals surface area contributed by atoms with Crippen LogP contribution in [0.15, 0.2) is 24.3 Å². The molecule has 0 spiro atoms. The van der Waals surface area contributed by atoms with Gasteiger partial charge in [-0.15, -0.1) is 0 Å². The van der Waals surface area contributed by atoms with E-state index in [-0.39, 0.29) is 12.2 Å². The van der Waals surface area contributed by atoms with E-state index in [9.17, 15) is 27.9 Å². The molecular formula is C15H17F3N2O5. The maximum atomic E-state index is 13.4. The summed E-state index contributed by atoms with van der Waals surface area (Å²) >= 11 is 0. The Morgan fingerprint density at radius 3 is 2.40 bits per heavy atom. The summed E-state index contributed by atoms with van der Waals surface area (Å²) in [5.74, 6) is -3.00. The minimum atomic E-state index is -5.30. The van der Waals surface area contributed by atoms with Gasteiger partial charge >= 0.3 is 18.2 Å². The monoisotopic (exact) mass is 362 g/mol. The molecule has 0 aliphatic carbocycles. The molecule has 138 valence electrons. The molecule has 0 saturated carbocycles. The van der Waals surface area contributed by atoms with Gasteiger partial charge in [-0.05, 0) is 24.6 Å². The van der Waals surface area contributed by atoms with Crippen molar-refractivity contribution in [1.29, 1.82) is 0 Å². The Bertz CT molecular complexity index is 650. The number of esters is 1. The largest absolute Gasteiger partial charge is 0.497 e. The number of aliphatic hydroxyl groups is 1. The number of urea groups is 1. The van der Waals surface area contributed by atoms with Crippen LogP contribution < -0.4 is 15.4 Å². The van der Waals surface area contributed by atoms with E-state index in [1.54, 1.807) is 0 Å². The van der Waals surface area contributed by atoms with E-state index >= 15 is 0 Å². The van der Waals surface area contributed by atoms with Gasteiger partial charge in [0.15, 0.2) is 0 Å². The Kier molecular flexibility index (Phi) is 5.12. The van der Waals surface area contributed by atoms with Crippen LogP contribution in [0.1, 0.15) is 18.5 Å². The van der Waals surface area contributed by atoms with Crippen LogP contribution in [-0.4, -0.2) is 42.7 Å². The molecule has 0 unspecified atom stereocenters. The van der Waals surface area contributed by atoms with E-state index < -0.39 is 35.9 Å². The molecule has 7 nitrogen and oxygen atoms in total. The van der Waals surface area contributed by atoms with Gasteiger partial charge in [-0.2, -0.15) is 13.2 Å². The minimum Gasteiger partial charge on any atom is -0.497 e. The number of carbonyl (C=O) groups excluding carboxylic acids is 2. The zero-order valence-corrected chi connectivity index (χ0v) is 13.4. The molecule has 1 aromatic carbocycles. The number of alkyl halides is 3. The van der Waals surface area contributed by atoms with Crippen LogP contribution in [0.5, 0.6) is 5.75 Å². The summed E-state index contributed by atoms with van der Waals surface area (Å²) in [6, 6.07) is 2.97. The minimum absolute atomic E-state index is 0.177. The number of hydrogen-bond donors (Lipinski definition) is 3. The summed E-state index contributed by atoms with van der Waals surface area (Å²) in [6.45, 7) is 1.23. The molecule has 1 heterocycles. The van der Waals surface area contributed by atoms with Gasteiger partial charge in [-0.1, -0.05) is 12.1 Å². The molecular weight excluding hydrogens is 345 g/mol. The second-order valence-corrected chi connectivity index (χ2v) is 5.34. The number of amides is 2. The average Bonchev–Trinajstić information content (AvgIpc) is 2.53. The van der Waals surface area contributed by atoms with E-state index in [0.717, 1.165) is 0 Å². The number of nitrogens with one attached hydrogen (secondary N) is 2. The standard InChI is InChI=1S/C15H17F3N2O5/c1-3-25-12(21)10-11(8-4-6-9(24-2)7-5-8)19-13(22)20-14(10,23)15(16,17)18/h4-7,10-11,23H,3H2,1-2H3,(H2,19,20,22)/t10-,11-,14-/m1/s1. The molecule has 1 aromatic rings. The quantitative estimate of drug-likeness (QED) is 0.705. The highest BCUT2D eigenvalue weighted by atomic mass is 19.4. The fourth-order valence-corrected chi connectivity index (χ4v) is 2.63. The molecule has 1 saturated heterocycles. The highest BCUT2D eigenvalue weighted by Crippen LogP contribution is 2.43. The Hall–Kier alpha value is -2.49. The van der Waals surface area contributed by atoms with Crippen molar-refractivity contribution >= 4 is 12.0 Å². The first kappa shape index (κ1) is 18.8. The number of ether oxygens (including phenoxy) is 2. The molecule has 2 amide bonds. The second kappa shape index (κ2) is 6.79. The lowest BCUT2D eigenvalue weighted by Crippen LogP contribution is -2.73. The van der Waals surface area contributed by atoms with Crippen LogP contribution in [0, 0.1) is 5.92 Å². The topological polar surface area (TPSA) is 96.9 Å². The molecule has 1 aliphatic heterocycles. The van der Waals surface area contributed by atoms with Gasteiger partial charge in [-0.3, -0.25) is 4.79 Å². The second-order valence-electron chi connectivity index (χ2n) is 5.34. The van der Waals surface area contributed by atoms with Gasteiger partial charge in [0, 0.05) is 0 Å². The zero-order valence-electron chi connectivity index (χ0n) is 13.4. The maximum Gasteiger partial charge on any atom is 0.437 e. The average molecular weight is 362 g/mol. The molecule has 10 heteroatoms. The van der Waals surface area contributed by atoms with Crippen LogP contribution in [0.2, 0.25) is 0 Å². The number of carbonyl (C=O) groups is 2. The van der Waals surface area contributed by atoms with E-state index in [2.05, 4.69) is 10.1 Å². The first-order valence-electron chi connectivity index (χ1n) is 7.32. The summed E-state index contributed by atoms with van der Waals surface area (Å²) in [7, 11) is 1.41. The van der Waals surface area contributed by atoms with Crippen molar-refractivity contribution in [3.05, 3.63) is 29.8 Å². The van der Waals surface area contributed by atoms with Crippen molar-refractivity contribution in [1.82, 2.24) is 10.6 Å². The molecule has 0 radical (unpaired) electrons. The van der Waals surface area contributed by atoms with Crippen LogP contribution in [0.25, 0.3) is 0 Å². The summed E-state index contributed by atoms with van der Waals surface area (Å²) in [5, 5.41) is 13.8. The first-order chi connectivity index (χ1) is 11.6. The summed E-state index contributed by atoms with van der Waals surface area (Å²) in [4.78, 5) is 23.9. The van der Waals surface area contributed by atoms with Crippen molar-refractivity contribution in [2.45, 2.75) is 24.9 Å². The fraction of sp³-hybridized carbons (Fsp3) is 0.467. The van der Waals surface area contributed by atoms with E-state index in [4.69, 9.17) is 4.74 Å². The lowest BCUT2D eigenvalue weighted by molar-refractivity contribution is -0.294. The molecule has 0 aromatic heterocycles. The molecule has 0 bridgehead atoms. The number of methoxy groups -OCH3 is 1. The molecule has 25 heavy (non-hydrogen) atoms. The van der Waals surface area contributed by atoms with Gasteiger partial charge in [0.05, 0.1) is 19.8 Å². The number of halogens is 3. The zero-order chi connectivity index (χ0) is 18.8. The van der Waals surface area contributed by atoms with Crippen molar-refractivity contribution in [3.63, 3.8) is 0 Å².